The van der Waals surface area contributed by atoms with Gasteiger partial charge in [-0.2, -0.15) is 0 Å². The van der Waals surface area contributed by atoms with Crippen LogP contribution in [-0.2, 0) is 6.54 Å². The van der Waals surface area contributed by atoms with Crippen molar-refractivity contribution in [2.24, 2.45) is 0 Å². The Morgan fingerprint density at radius 3 is 2.44 bits per heavy atom. The van der Waals surface area contributed by atoms with Crippen LogP contribution in [-0.4, -0.2) is 24.0 Å². The van der Waals surface area contributed by atoms with Crippen molar-refractivity contribution < 1.29 is 0 Å². The number of hydrogen-bond donors (Lipinski definition) is 0. The molecule has 0 bridgehead atoms. The predicted molar refractivity (Wildman–Crippen MR) is 76.9 cm³/mol. The lowest BCUT2D eigenvalue weighted by atomic mass is 9.94. The van der Waals surface area contributed by atoms with Crippen LogP contribution >= 0.6 is 0 Å². The van der Waals surface area contributed by atoms with Gasteiger partial charge in [0.05, 0.1) is 5.69 Å². The average molecular weight is 246 g/mol. The first-order valence-electron chi connectivity index (χ1n) is 7.22. The van der Waals surface area contributed by atoms with Gasteiger partial charge in [-0.1, -0.05) is 32.8 Å². The van der Waals surface area contributed by atoms with E-state index in [4.69, 9.17) is 4.98 Å². The first kappa shape index (κ1) is 13.5. The highest BCUT2D eigenvalue weighted by molar-refractivity contribution is 5.28. The molecule has 1 heterocycles. The SMILES string of the molecule is CC(C)c1ccc(C2CCCC2)c(CN(C)C)n1. The van der Waals surface area contributed by atoms with Gasteiger partial charge in [0, 0.05) is 12.2 Å². The van der Waals surface area contributed by atoms with Crippen LogP contribution in [0.5, 0.6) is 0 Å². The number of pyridine rings is 1. The van der Waals surface area contributed by atoms with Crippen LogP contribution in [0.15, 0.2) is 12.1 Å². The van der Waals surface area contributed by atoms with Gasteiger partial charge in [-0.05, 0) is 50.4 Å². The van der Waals surface area contributed by atoms with Crippen LogP contribution < -0.4 is 0 Å². The smallest absolute Gasteiger partial charge is 0.0581 e. The van der Waals surface area contributed by atoms with Gasteiger partial charge in [0.2, 0.25) is 0 Å². The van der Waals surface area contributed by atoms with E-state index in [0.29, 0.717) is 5.92 Å². The van der Waals surface area contributed by atoms with E-state index in [0.717, 1.165) is 12.5 Å². The minimum absolute atomic E-state index is 0.517. The molecular weight excluding hydrogens is 220 g/mol. The molecule has 1 aliphatic carbocycles. The molecule has 0 N–H and O–H groups in total. The second-order valence-corrected chi connectivity index (χ2v) is 6.15. The Balaban J connectivity index is 2.31. The van der Waals surface area contributed by atoms with Crippen LogP contribution in [0, 0.1) is 0 Å². The van der Waals surface area contributed by atoms with Gasteiger partial charge in [-0.25, -0.2) is 0 Å². The normalized spacial score (nSPS) is 17.0. The van der Waals surface area contributed by atoms with E-state index in [9.17, 15) is 0 Å². The first-order chi connectivity index (χ1) is 8.58. The summed E-state index contributed by atoms with van der Waals surface area (Å²) in [5, 5.41) is 0. The third kappa shape index (κ3) is 3.11. The van der Waals surface area contributed by atoms with Gasteiger partial charge in [0.1, 0.15) is 0 Å². The average Bonchev–Trinajstić information content (AvgIpc) is 2.81. The predicted octanol–water partition coefficient (Wildman–Crippen LogP) is 3.92. The van der Waals surface area contributed by atoms with Gasteiger partial charge < -0.3 is 4.90 Å². The Kier molecular flexibility index (Phi) is 4.39. The van der Waals surface area contributed by atoms with Crippen molar-refractivity contribution in [3.8, 4) is 0 Å². The van der Waals surface area contributed by atoms with E-state index in [1.165, 1.54) is 42.6 Å². The van der Waals surface area contributed by atoms with E-state index in [2.05, 4.69) is 45.0 Å². The molecule has 1 aromatic rings. The van der Waals surface area contributed by atoms with Crippen LogP contribution in [0.25, 0.3) is 0 Å². The summed E-state index contributed by atoms with van der Waals surface area (Å²) in [7, 11) is 4.25. The van der Waals surface area contributed by atoms with Crippen molar-refractivity contribution in [2.45, 2.75) is 57.9 Å². The highest BCUT2D eigenvalue weighted by Gasteiger charge is 2.21. The van der Waals surface area contributed by atoms with Gasteiger partial charge in [-0.15, -0.1) is 0 Å². The monoisotopic (exact) mass is 246 g/mol. The third-order valence-corrected chi connectivity index (χ3v) is 3.88. The van der Waals surface area contributed by atoms with E-state index >= 15 is 0 Å². The minimum Gasteiger partial charge on any atom is -0.304 e. The number of nitrogens with zero attached hydrogens (tertiary/aromatic N) is 2. The van der Waals surface area contributed by atoms with Crippen LogP contribution in [0.3, 0.4) is 0 Å². The Labute approximate surface area is 111 Å². The zero-order valence-corrected chi connectivity index (χ0v) is 12.2. The molecule has 2 rings (SSSR count). The Morgan fingerprint density at radius 2 is 1.89 bits per heavy atom. The highest BCUT2D eigenvalue weighted by Crippen LogP contribution is 2.36. The summed E-state index contributed by atoms with van der Waals surface area (Å²) in [5.74, 6) is 1.28. The van der Waals surface area contributed by atoms with Crippen molar-refractivity contribution >= 4 is 0 Å². The molecule has 1 aromatic heterocycles. The molecule has 1 saturated carbocycles. The largest absolute Gasteiger partial charge is 0.304 e. The molecule has 0 amide bonds. The summed E-state index contributed by atoms with van der Waals surface area (Å²) in [4.78, 5) is 7.14. The van der Waals surface area contributed by atoms with Gasteiger partial charge >= 0.3 is 0 Å². The first-order valence-corrected chi connectivity index (χ1v) is 7.22. The summed E-state index contributed by atoms with van der Waals surface area (Å²) < 4.78 is 0. The fourth-order valence-electron chi connectivity index (χ4n) is 2.89. The van der Waals surface area contributed by atoms with Gasteiger partial charge in [-0.3, -0.25) is 4.98 Å². The van der Waals surface area contributed by atoms with E-state index < -0.39 is 0 Å². The summed E-state index contributed by atoms with van der Waals surface area (Å²) in [5.41, 5.74) is 4.04. The van der Waals surface area contributed by atoms with E-state index in [1.54, 1.807) is 0 Å². The zero-order valence-electron chi connectivity index (χ0n) is 12.2. The lowest BCUT2D eigenvalue weighted by Gasteiger charge is -2.19. The molecule has 1 fully saturated rings. The molecule has 0 spiro atoms. The van der Waals surface area contributed by atoms with E-state index in [-0.39, 0.29) is 0 Å². The second kappa shape index (κ2) is 5.83. The number of hydrogen-bond acceptors (Lipinski definition) is 2. The molecule has 18 heavy (non-hydrogen) atoms. The topological polar surface area (TPSA) is 16.1 Å². The number of aromatic nitrogens is 1. The molecule has 0 aliphatic heterocycles. The molecule has 0 atom stereocenters. The van der Waals surface area contributed by atoms with Crippen LogP contribution in [0.1, 0.15) is 68.3 Å². The van der Waals surface area contributed by atoms with Crippen LogP contribution in [0.2, 0.25) is 0 Å². The van der Waals surface area contributed by atoms with Gasteiger partial charge in [0.15, 0.2) is 0 Å². The fraction of sp³-hybridized carbons (Fsp3) is 0.688. The summed E-state index contributed by atoms with van der Waals surface area (Å²) in [6.07, 6.45) is 5.47. The number of rotatable bonds is 4. The highest BCUT2D eigenvalue weighted by atomic mass is 15.1. The maximum atomic E-state index is 4.92. The Hall–Kier alpha value is -0.890. The van der Waals surface area contributed by atoms with Crippen molar-refractivity contribution in [3.05, 3.63) is 29.1 Å². The Bertz CT molecular complexity index is 390. The Morgan fingerprint density at radius 1 is 1.22 bits per heavy atom. The van der Waals surface area contributed by atoms with Crippen molar-refractivity contribution in [2.75, 3.05) is 14.1 Å². The van der Waals surface area contributed by atoms with Crippen molar-refractivity contribution in [1.29, 1.82) is 0 Å². The third-order valence-electron chi connectivity index (χ3n) is 3.88. The summed E-state index contributed by atoms with van der Waals surface area (Å²) in [6.45, 7) is 5.40. The summed E-state index contributed by atoms with van der Waals surface area (Å²) >= 11 is 0. The molecular formula is C16H26N2. The maximum Gasteiger partial charge on any atom is 0.0581 e. The molecule has 0 unspecified atom stereocenters. The lowest BCUT2D eigenvalue weighted by molar-refractivity contribution is 0.392. The fourth-order valence-corrected chi connectivity index (χ4v) is 2.89. The lowest BCUT2D eigenvalue weighted by Crippen LogP contribution is -2.16. The quantitative estimate of drug-likeness (QED) is 0.800. The van der Waals surface area contributed by atoms with Crippen molar-refractivity contribution in [3.63, 3.8) is 0 Å². The van der Waals surface area contributed by atoms with Gasteiger partial charge in [0.25, 0.3) is 0 Å². The van der Waals surface area contributed by atoms with E-state index in [1.807, 2.05) is 0 Å². The molecule has 1 aliphatic rings. The molecule has 100 valence electrons. The van der Waals surface area contributed by atoms with Crippen LogP contribution in [0.4, 0.5) is 0 Å². The molecule has 2 heteroatoms. The van der Waals surface area contributed by atoms with Crippen molar-refractivity contribution in [1.82, 2.24) is 9.88 Å². The molecule has 0 radical (unpaired) electrons. The maximum absolute atomic E-state index is 4.92. The second-order valence-electron chi connectivity index (χ2n) is 6.15. The molecule has 0 saturated heterocycles. The standard InChI is InChI=1S/C16H26N2/c1-12(2)15-10-9-14(13-7-5-6-8-13)16(17-15)11-18(3)4/h9-10,12-13H,5-8,11H2,1-4H3. The summed E-state index contributed by atoms with van der Waals surface area (Å²) in [6, 6.07) is 4.58. The molecule has 0 aromatic carbocycles. The zero-order chi connectivity index (χ0) is 13.1. The molecule has 2 nitrogen and oxygen atoms in total. The minimum atomic E-state index is 0.517.